The van der Waals surface area contributed by atoms with E-state index < -0.39 is 0 Å². The summed E-state index contributed by atoms with van der Waals surface area (Å²) in [5, 5.41) is 0. The minimum absolute atomic E-state index is 0.591. The molecule has 3 aromatic rings. The van der Waals surface area contributed by atoms with E-state index in [0.717, 1.165) is 22.5 Å². The average Bonchev–Trinajstić information content (AvgIpc) is 2.96. The first-order valence-electron chi connectivity index (χ1n) is 4.95. The van der Waals surface area contributed by atoms with Gasteiger partial charge < -0.3 is 14.1 Å². The standard InChI is InChI=1S/C12H10N2O2/c1-15-8-4-5-9-11(7-8)16-12(14-9)10-3-2-6-13-10/h2-7,13H,1H3. The molecule has 2 aromatic heterocycles. The molecule has 0 unspecified atom stereocenters. The average molecular weight is 214 g/mol. The summed E-state index contributed by atoms with van der Waals surface area (Å²) in [6.45, 7) is 0. The number of benzene rings is 1. The van der Waals surface area contributed by atoms with Crippen LogP contribution in [0.3, 0.4) is 0 Å². The number of hydrogen-bond acceptors (Lipinski definition) is 3. The van der Waals surface area contributed by atoms with Crippen LogP contribution in [-0.4, -0.2) is 17.1 Å². The summed E-state index contributed by atoms with van der Waals surface area (Å²) in [4.78, 5) is 7.43. The highest BCUT2D eigenvalue weighted by atomic mass is 16.5. The van der Waals surface area contributed by atoms with E-state index in [4.69, 9.17) is 9.15 Å². The molecule has 0 atom stereocenters. The SMILES string of the molecule is COc1ccc2nc(-c3ccc[nH]3)oc2c1. The molecule has 3 rings (SSSR count). The van der Waals surface area contributed by atoms with E-state index in [1.165, 1.54) is 0 Å². The van der Waals surface area contributed by atoms with Crippen molar-refractivity contribution in [1.82, 2.24) is 9.97 Å². The first kappa shape index (κ1) is 9.03. The molecule has 0 bridgehead atoms. The van der Waals surface area contributed by atoms with Crippen LogP contribution < -0.4 is 4.74 Å². The number of nitrogens with zero attached hydrogens (tertiary/aromatic N) is 1. The first-order valence-corrected chi connectivity index (χ1v) is 4.95. The molecule has 0 amide bonds. The van der Waals surface area contributed by atoms with E-state index in [9.17, 15) is 0 Å². The first-order chi connectivity index (χ1) is 7.86. The minimum atomic E-state index is 0.591. The summed E-state index contributed by atoms with van der Waals surface area (Å²) in [5.74, 6) is 1.36. The lowest BCUT2D eigenvalue weighted by Crippen LogP contribution is -1.80. The van der Waals surface area contributed by atoms with Gasteiger partial charge in [0.1, 0.15) is 17.0 Å². The molecular weight excluding hydrogens is 204 g/mol. The van der Waals surface area contributed by atoms with Crippen LogP contribution in [-0.2, 0) is 0 Å². The van der Waals surface area contributed by atoms with Crippen molar-refractivity contribution in [3.63, 3.8) is 0 Å². The van der Waals surface area contributed by atoms with Gasteiger partial charge in [0.25, 0.3) is 0 Å². The molecule has 16 heavy (non-hydrogen) atoms. The molecule has 0 radical (unpaired) electrons. The molecule has 4 nitrogen and oxygen atoms in total. The number of aromatic amines is 1. The monoisotopic (exact) mass is 214 g/mol. The van der Waals surface area contributed by atoms with Crippen LogP contribution in [0.1, 0.15) is 0 Å². The van der Waals surface area contributed by atoms with E-state index in [1.54, 1.807) is 7.11 Å². The number of aromatic nitrogens is 2. The third-order valence-corrected chi connectivity index (χ3v) is 2.42. The van der Waals surface area contributed by atoms with Crippen molar-refractivity contribution in [3.8, 4) is 17.3 Å². The molecule has 0 aliphatic rings. The van der Waals surface area contributed by atoms with E-state index >= 15 is 0 Å². The van der Waals surface area contributed by atoms with Gasteiger partial charge in [0.15, 0.2) is 5.58 Å². The van der Waals surface area contributed by atoms with Gasteiger partial charge in [-0.15, -0.1) is 0 Å². The topological polar surface area (TPSA) is 51.0 Å². The normalized spacial score (nSPS) is 10.8. The molecule has 0 fully saturated rings. The fourth-order valence-electron chi connectivity index (χ4n) is 1.61. The Bertz CT molecular complexity index is 611. The van der Waals surface area contributed by atoms with Crippen molar-refractivity contribution in [2.75, 3.05) is 7.11 Å². The fraction of sp³-hybridized carbons (Fsp3) is 0.0833. The summed E-state index contributed by atoms with van der Waals surface area (Å²) >= 11 is 0. The number of methoxy groups -OCH3 is 1. The number of ether oxygens (including phenoxy) is 1. The smallest absolute Gasteiger partial charge is 0.244 e. The van der Waals surface area contributed by atoms with E-state index in [0.29, 0.717) is 5.89 Å². The van der Waals surface area contributed by atoms with Crippen LogP contribution in [0.25, 0.3) is 22.7 Å². The maximum atomic E-state index is 5.63. The summed E-state index contributed by atoms with van der Waals surface area (Å²) < 4.78 is 10.8. The van der Waals surface area contributed by atoms with Gasteiger partial charge in [0, 0.05) is 12.3 Å². The van der Waals surface area contributed by atoms with Gasteiger partial charge in [-0.05, 0) is 24.3 Å². The van der Waals surface area contributed by atoms with Gasteiger partial charge in [-0.25, -0.2) is 4.98 Å². The number of oxazole rings is 1. The number of rotatable bonds is 2. The van der Waals surface area contributed by atoms with Gasteiger partial charge in [0.05, 0.1) is 7.11 Å². The molecule has 1 aromatic carbocycles. The van der Waals surface area contributed by atoms with Gasteiger partial charge in [-0.2, -0.15) is 0 Å². The van der Waals surface area contributed by atoms with Crippen molar-refractivity contribution < 1.29 is 9.15 Å². The molecule has 80 valence electrons. The Kier molecular flexibility index (Phi) is 1.93. The highest BCUT2D eigenvalue weighted by Gasteiger charge is 2.08. The Morgan fingerprint density at radius 2 is 2.25 bits per heavy atom. The molecular formula is C12H10N2O2. The molecule has 1 N–H and O–H groups in total. The summed E-state index contributed by atoms with van der Waals surface area (Å²) in [7, 11) is 1.63. The highest BCUT2D eigenvalue weighted by Crippen LogP contribution is 2.25. The van der Waals surface area contributed by atoms with Crippen molar-refractivity contribution >= 4 is 11.1 Å². The molecule has 2 heterocycles. The number of fused-ring (bicyclic) bond motifs is 1. The van der Waals surface area contributed by atoms with Crippen LogP contribution >= 0.6 is 0 Å². The van der Waals surface area contributed by atoms with Crippen molar-refractivity contribution in [2.24, 2.45) is 0 Å². The minimum Gasteiger partial charge on any atom is -0.497 e. The zero-order valence-corrected chi connectivity index (χ0v) is 8.73. The van der Waals surface area contributed by atoms with Crippen LogP contribution in [0, 0.1) is 0 Å². The van der Waals surface area contributed by atoms with E-state index in [2.05, 4.69) is 9.97 Å². The second-order valence-electron chi connectivity index (χ2n) is 3.44. The summed E-state index contributed by atoms with van der Waals surface area (Å²) in [6, 6.07) is 9.40. The van der Waals surface area contributed by atoms with Crippen molar-refractivity contribution in [2.45, 2.75) is 0 Å². The van der Waals surface area contributed by atoms with Crippen molar-refractivity contribution in [3.05, 3.63) is 36.5 Å². The zero-order valence-electron chi connectivity index (χ0n) is 8.73. The Labute approximate surface area is 91.9 Å². The van der Waals surface area contributed by atoms with Crippen LogP contribution in [0.5, 0.6) is 5.75 Å². The number of hydrogen-bond donors (Lipinski definition) is 1. The summed E-state index contributed by atoms with van der Waals surface area (Å²) in [5.41, 5.74) is 2.42. The van der Waals surface area contributed by atoms with Crippen molar-refractivity contribution in [1.29, 1.82) is 0 Å². The van der Waals surface area contributed by atoms with Gasteiger partial charge in [0.2, 0.25) is 5.89 Å². The quantitative estimate of drug-likeness (QED) is 0.713. The second kappa shape index (κ2) is 3.41. The Morgan fingerprint density at radius 3 is 3.00 bits per heavy atom. The Hall–Kier alpha value is -2.23. The van der Waals surface area contributed by atoms with Gasteiger partial charge in [-0.3, -0.25) is 0 Å². The maximum absolute atomic E-state index is 5.63. The lowest BCUT2D eigenvalue weighted by molar-refractivity contribution is 0.414. The van der Waals surface area contributed by atoms with Gasteiger partial charge >= 0.3 is 0 Å². The molecule has 0 saturated heterocycles. The lowest BCUT2D eigenvalue weighted by atomic mass is 10.3. The maximum Gasteiger partial charge on any atom is 0.244 e. The second-order valence-corrected chi connectivity index (χ2v) is 3.44. The van der Waals surface area contributed by atoms with E-state index in [1.807, 2.05) is 36.5 Å². The lowest BCUT2D eigenvalue weighted by Gasteiger charge is -1.95. The fourth-order valence-corrected chi connectivity index (χ4v) is 1.61. The largest absolute Gasteiger partial charge is 0.497 e. The number of nitrogens with one attached hydrogen (secondary N) is 1. The zero-order chi connectivity index (χ0) is 11.0. The third kappa shape index (κ3) is 1.35. The predicted octanol–water partition coefficient (Wildman–Crippen LogP) is 2.83. The predicted molar refractivity (Wildman–Crippen MR) is 60.3 cm³/mol. The van der Waals surface area contributed by atoms with Gasteiger partial charge in [-0.1, -0.05) is 0 Å². The number of H-pyrrole nitrogens is 1. The Morgan fingerprint density at radius 1 is 1.31 bits per heavy atom. The molecule has 0 aliphatic heterocycles. The van der Waals surface area contributed by atoms with E-state index in [-0.39, 0.29) is 0 Å². The molecule has 0 aliphatic carbocycles. The van der Waals surface area contributed by atoms with Crippen LogP contribution in [0.15, 0.2) is 40.9 Å². The molecule has 0 spiro atoms. The van der Waals surface area contributed by atoms with Crippen LogP contribution in [0.2, 0.25) is 0 Å². The third-order valence-electron chi connectivity index (χ3n) is 2.42. The van der Waals surface area contributed by atoms with Crippen LogP contribution in [0.4, 0.5) is 0 Å². The molecule has 0 saturated carbocycles. The summed E-state index contributed by atoms with van der Waals surface area (Å²) in [6.07, 6.45) is 1.84. The molecule has 4 heteroatoms. The highest BCUT2D eigenvalue weighted by molar-refractivity contribution is 5.77. The Balaban J connectivity index is 2.16.